The highest BCUT2D eigenvalue weighted by Crippen LogP contribution is 2.61. The van der Waals surface area contributed by atoms with E-state index in [9.17, 15) is 0 Å². The lowest BCUT2D eigenvalue weighted by atomic mass is 9.49. The van der Waals surface area contributed by atoms with Crippen molar-refractivity contribution in [3.63, 3.8) is 0 Å². The minimum Gasteiger partial charge on any atom is -0.465 e. The monoisotopic (exact) mass is 400 g/mol. The van der Waals surface area contributed by atoms with Gasteiger partial charge in [-0.2, -0.15) is 0 Å². The Morgan fingerprint density at radius 2 is 1.59 bits per heavy atom. The van der Waals surface area contributed by atoms with Crippen molar-refractivity contribution in [2.24, 2.45) is 34.5 Å². The van der Waals surface area contributed by atoms with Gasteiger partial charge in [0.2, 0.25) is 6.29 Å². The molecular formula is C27H44O2. The molecular weight excluding hydrogens is 356 g/mol. The third kappa shape index (κ3) is 5.78. The first-order valence-corrected chi connectivity index (χ1v) is 11.9. The Kier molecular flexibility index (Phi) is 7.03. The lowest BCUT2D eigenvalue weighted by molar-refractivity contribution is -0.179. The molecule has 2 heteroatoms. The van der Waals surface area contributed by atoms with Crippen LogP contribution < -0.4 is 0 Å². The van der Waals surface area contributed by atoms with Crippen molar-refractivity contribution in [1.82, 2.24) is 0 Å². The SMILES string of the molecule is C=C(/C=C\C(=C)C(C)CC)OC(OCCC12CC3CC(CC(C3)C1)C2)C(C)(C)C. The topological polar surface area (TPSA) is 18.5 Å². The van der Waals surface area contributed by atoms with E-state index in [1.54, 1.807) is 0 Å². The van der Waals surface area contributed by atoms with E-state index in [4.69, 9.17) is 9.47 Å². The minimum atomic E-state index is -0.273. The molecule has 0 aromatic heterocycles. The Hall–Kier alpha value is -1.02. The lowest BCUT2D eigenvalue weighted by Crippen LogP contribution is -2.46. The van der Waals surface area contributed by atoms with E-state index >= 15 is 0 Å². The summed E-state index contributed by atoms with van der Waals surface area (Å²) in [5.74, 6) is 4.14. The summed E-state index contributed by atoms with van der Waals surface area (Å²) in [6, 6.07) is 0. The van der Waals surface area contributed by atoms with Crippen LogP contribution in [0.2, 0.25) is 0 Å². The van der Waals surface area contributed by atoms with Crippen LogP contribution in [0.15, 0.2) is 36.6 Å². The first-order valence-electron chi connectivity index (χ1n) is 11.9. The highest BCUT2D eigenvalue weighted by atomic mass is 16.7. The second-order valence-electron chi connectivity index (χ2n) is 11.5. The number of rotatable bonds is 10. The summed E-state index contributed by atoms with van der Waals surface area (Å²) in [6.07, 6.45) is 14.8. The van der Waals surface area contributed by atoms with E-state index in [0.717, 1.165) is 36.4 Å². The Balaban J connectivity index is 1.51. The third-order valence-corrected chi connectivity index (χ3v) is 7.76. The van der Waals surface area contributed by atoms with Gasteiger partial charge in [0.15, 0.2) is 0 Å². The molecule has 4 fully saturated rings. The van der Waals surface area contributed by atoms with Crippen LogP contribution in [0.3, 0.4) is 0 Å². The zero-order valence-corrected chi connectivity index (χ0v) is 19.6. The average Bonchev–Trinajstić information content (AvgIpc) is 2.62. The zero-order chi connectivity index (χ0) is 21.2. The minimum absolute atomic E-state index is 0.0913. The van der Waals surface area contributed by atoms with Crippen molar-refractivity contribution in [1.29, 1.82) is 0 Å². The molecule has 4 aliphatic carbocycles. The van der Waals surface area contributed by atoms with Crippen LogP contribution in [-0.2, 0) is 9.47 Å². The molecule has 0 heterocycles. The molecule has 0 radical (unpaired) electrons. The second kappa shape index (κ2) is 9.00. The number of ether oxygens (including phenoxy) is 2. The molecule has 29 heavy (non-hydrogen) atoms. The quantitative estimate of drug-likeness (QED) is 0.213. The lowest BCUT2D eigenvalue weighted by Gasteiger charge is -2.57. The summed E-state index contributed by atoms with van der Waals surface area (Å²) in [4.78, 5) is 0. The van der Waals surface area contributed by atoms with Crippen LogP contribution >= 0.6 is 0 Å². The largest absolute Gasteiger partial charge is 0.465 e. The van der Waals surface area contributed by atoms with Crippen molar-refractivity contribution in [3.05, 3.63) is 36.6 Å². The molecule has 0 saturated heterocycles. The van der Waals surface area contributed by atoms with E-state index in [0.29, 0.717) is 17.1 Å². The van der Waals surface area contributed by atoms with Crippen LogP contribution in [-0.4, -0.2) is 12.9 Å². The van der Waals surface area contributed by atoms with Gasteiger partial charge in [0.1, 0.15) is 5.76 Å². The van der Waals surface area contributed by atoms with Crippen LogP contribution in [0.1, 0.15) is 86.0 Å². The molecule has 4 aliphatic rings. The Morgan fingerprint density at radius 3 is 2.07 bits per heavy atom. The van der Waals surface area contributed by atoms with Gasteiger partial charge in [-0.05, 0) is 86.5 Å². The molecule has 0 amide bonds. The van der Waals surface area contributed by atoms with E-state index < -0.39 is 0 Å². The summed E-state index contributed by atoms with van der Waals surface area (Å²) < 4.78 is 12.5. The van der Waals surface area contributed by atoms with Crippen molar-refractivity contribution < 1.29 is 9.47 Å². The summed E-state index contributed by atoms with van der Waals surface area (Å²) in [7, 11) is 0. The molecule has 2 unspecified atom stereocenters. The van der Waals surface area contributed by atoms with Crippen molar-refractivity contribution in [3.8, 4) is 0 Å². The molecule has 4 bridgehead atoms. The summed E-state index contributed by atoms with van der Waals surface area (Å²) in [5, 5.41) is 0. The second-order valence-corrected chi connectivity index (χ2v) is 11.5. The summed E-state index contributed by atoms with van der Waals surface area (Å²) in [5.41, 5.74) is 1.58. The molecule has 2 nitrogen and oxygen atoms in total. The average molecular weight is 401 g/mol. The molecule has 0 spiro atoms. The molecule has 164 valence electrons. The first kappa shape index (κ1) is 22.7. The highest BCUT2D eigenvalue weighted by Gasteiger charge is 2.50. The third-order valence-electron chi connectivity index (χ3n) is 7.76. The molecule has 4 saturated carbocycles. The molecule has 4 rings (SSSR count). The smallest absolute Gasteiger partial charge is 0.204 e. The Labute approximate surface area is 179 Å². The van der Waals surface area contributed by atoms with E-state index in [2.05, 4.69) is 47.8 Å². The Morgan fingerprint density at radius 1 is 1.03 bits per heavy atom. The van der Waals surface area contributed by atoms with Gasteiger partial charge < -0.3 is 9.47 Å². The molecule has 0 aliphatic heterocycles. The summed E-state index contributed by atoms with van der Waals surface area (Å²) >= 11 is 0. The van der Waals surface area contributed by atoms with Crippen LogP contribution in [0.5, 0.6) is 0 Å². The van der Waals surface area contributed by atoms with Gasteiger partial charge in [-0.1, -0.05) is 59.4 Å². The maximum absolute atomic E-state index is 6.35. The normalized spacial score (nSPS) is 33.1. The first-order chi connectivity index (χ1) is 13.6. The maximum atomic E-state index is 6.35. The van der Waals surface area contributed by atoms with Crippen molar-refractivity contribution in [2.45, 2.75) is 92.3 Å². The van der Waals surface area contributed by atoms with Gasteiger partial charge in [-0.3, -0.25) is 0 Å². The van der Waals surface area contributed by atoms with E-state index in [1.807, 2.05) is 12.2 Å². The van der Waals surface area contributed by atoms with E-state index in [1.165, 1.54) is 44.9 Å². The van der Waals surface area contributed by atoms with Crippen LogP contribution in [0.4, 0.5) is 0 Å². The molecule has 2 atom stereocenters. The fourth-order valence-electron chi connectivity index (χ4n) is 6.24. The number of allylic oxidation sites excluding steroid dienone is 3. The predicted octanol–water partition coefficient (Wildman–Crippen LogP) is 7.67. The number of hydrogen-bond acceptors (Lipinski definition) is 2. The zero-order valence-electron chi connectivity index (χ0n) is 19.6. The molecule has 0 aromatic rings. The van der Waals surface area contributed by atoms with Crippen molar-refractivity contribution >= 4 is 0 Å². The number of hydrogen-bond donors (Lipinski definition) is 0. The van der Waals surface area contributed by atoms with Gasteiger partial charge in [0, 0.05) is 5.41 Å². The van der Waals surface area contributed by atoms with Gasteiger partial charge in [0.25, 0.3) is 0 Å². The molecule has 0 aromatic carbocycles. The fourth-order valence-corrected chi connectivity index (χ4v) is 6.24. The van der Waals surface area contributed by atoms with Gasteiger partial charge >= 0.3 is 0 Å². The van der Waals surface area contributed by atoms with Crippen LogP contribution in [0.25, 0.3) is 0 Å². The van der Waals surface area contributed by atoms with Crippen LogP contribution in [0, 0.1) is 34.5 Å². The van der Waals surface area contributed by atoms with Gasteiger partial charge in [-0.15, -0.1) is 0 Å². The maximum Gasteiger partial charge on any atom is 0.204 e. The van der Waals surface area contributed by atoms with Crippen molar-refractivity contribution in [2.75, 3.05) is 6.61 Å². The van der Waals surface area contributed by atoms with Gasteiger partial charge in [-0.25, -0.2) is 0 Å². The highest BCUT2D eigenvalue weighted by molar-refractivity contribution is 5.23. The van der Waals surface area contributed by atoms with Gasteiger partial charge in [0.05, 0.1) is 6.61 Å². The predicted molar refractivity (Wildman–Crippen MR) is 122 cm³/mol. The standard InChI is InChI=1S/C27H44O2/c1-8-19(2)20(3)9-10-21(4)29-25(26(5,6)7)28-12-11-27-16-22-13-23(17-27)15-24(14-22)18-27/h9-10,19,22-25H,3-4,8,11-18H2,1-2,5-7H3/b10-9-. The summed E-state index contributed by atoms with van der Waals surface area (Å²) in [6.45, 7) is 20.0. The fraction of sp³-hybridized carbons (Fsp3) is 0.778. The van der Waals surface area contributed by atoms with E-state index in [-0.39, 0.29) is 11.7 Å². The Bertz CT molecular complexity index is 586. The molecule has 0 N–H and O–H groups in total.